The quantitative estimate of drug-likeness (QED) is 0.931. The lowest BCUT2D eigenvalue weighted by atomic mass is 10.1. The Morgan fingerprint density at radius 2 is 2.00 bits per heavy atom. The Hall–Kier alpha value is -0.740. The van der Waals surface area contributed by atoms with Crippen LogP contribution in [-0.4, -0.2) is 30.2 Å². The van der Waals surface area contributed by atoms with E-state index in [2.05, 4.69) is 20.8 Å². The minimum atomic E-state index is 0.176. The largest absolute Gasteiger partial charge is 0.503 e. The molecule has 0 spiro atoms. The van der Waals surface area contributed by atoms with Crippen molar-refractivity contribution in [3.8, 4) is 11.5 Å². The fourth-order valence-corrected chi connectivity index (χ4v) is 2.74. The third-order valence-corrected chi connectivity index (χ3v) is 3.77. The summed E-state index contributed by atoms with van der Waals surface area (Å²) in [5, 5.41) is 9.74. The summed E-state index contributed by atoms with van der Waals surface area (Å²) in [5.41, 5.74) is 1.17. The maximum absolute atomic E-state index is 9.74. The number of phenolic OH excluding ortho intramolecular Hbond substituents is 1. The molecule has 94 valence electrons. The lowest BCUT2D eigenvalue weighted by Crippen LogP contribution is -2.29. The van der Waals surface area contributed by atoms with Gasteiger partial charge in [0.25, 0.3) is 0 Å². The molecular weight excluding hydrogens is 282 g/mol. The van der Waals surface area contributed by atoms with E-state index in [9.17, 15) is 5.11 Å². The number of methoxy groups -OCH3 is 1. The monoisotopic (exact) mass is 299 g/mol. The number of rotatable bonds is 3. The highest BCUT2D eigenvalue weighted by Crippen LogP contribution is 2.35. The molecule has 0 bridgehead atoms. The molecule has 0 amide bonds. The summed E-state index contributed by atoms with van der Waals surface area (Å²) in [6, 6.07) is 3.88. The molecule has 17 heavy (non-hydrogen) atoms. The Morgan fingerprint density at radius 1 is 1.29 bits per heavy atom. The molecule has 1 heterocycles. The van der Waals surface area contributed by atoms with Crippen LogP contribution in [0.2, 0.25) is 0 Å². The number of hydrogen-bond donors (Lipinski definition) is 1. The highest BCUT2D eigenvalue weighted by atomic mass is 79.9. The Kier molecular flexibility index (Phi) is 4.29. The van der Waals surface area contributed by atoms with Gasteiger partial charge in [0.2, 0.25) is 0 Å². The normalized spacial score (nSPS) is 17.1. The van der Waals surface area contributed by atoms with Crippen molar-refractivity contribution >= 4 is 15.9 Å². The summed E-state index contributed by atoms with van der Waals surface area (Å²) in [6.07, 6.45) is 3.92. The van der Waals surface area contributed by atoms with Crippen LogP contribution >= 0.6 is 15.9 Å². The molecule has 2 rings (SSSR count). The van der Waals surface area contributed by atoms with Gasteiger partial charge < -0.3 is 9.84 Å². The number of ether oxygens (including phenoxy) is 1. The Morgan fingerprint density at radius 3 is 2.65 bits per heavy atom. The average molecular weight is 300 g/mol. The first-order chi connectivity index (χ1) is 8.20. The maximum atomic E-state index is 9.74. The van der Waals surface area contributed by atoms with Crippen molar-refractivity contribution in [2.45, 2.75) is 25.8 Å². The SMILES string of the molecule is COc1cc(CN2CCCCC2)cc(Br)c1O. The van der Waals surface area contributed by atoms with Crippen molar-refractivity contribution in [2.75, 3.05) is 20.2 Å². The van der Waals surface area contributed by atoms with Crippen molar-refractivity contribution in [3.63, 3.8) is 0 Å². The molecule has 0 aliphatic carbocycles. The molecule has 1 N–H and O–H groups in total. The fourth-order valence-electron chi connectivity index (χ4n) is 2.25. The summed E-state index contributed by atoms with van der Waals surface area (Å²) in [7, 11) is 1.58. The van der Waals surface area contributed by atoms with E-state index in [1.165, 1.54) is 37.9 Å². The first kappa shape index (κ1) is 12.7. The molecule has 0 radical (unpaired) electrons. The zero-order valence-corrected chi connectivity index (χ0v) is 11.7. The van der Waals surface area contributed by atoms with Crippen LogP contribution < -0.4 is 4.74 Å². The van der Waals surface area contributed by atoms with Gasteiger partial charge in [-0.15, -0.1) is 0 Å². The number of phenols is 1. The smallest absolute Gasteiger partial charge is 0.172 e. The Balaban J connectivity index is 2.12. The van der Waals surface area contributed by atoms with Crippen LogP contribution in [-0.2, 0) is 6.54 Å². The minimum Gasteiger partial charge on any atom is -0.503 e. The number of likely N-dealkylation sites (tertiary alicyclic amines) is 1. The third-order valence-electron chi connectivity index (χ3n) is 3.16. The molecule has 1 aromatic carbocycles. The third kappa shape index (κ3) is 3.13. The first-order valence-corrected chi connectivity index (χ1v) is 6.77. The molecular formula is C13H18BrNO2. The van der Waals surface area contributed by atoms with Crippen LogP contribution in [0.15, 0.2) is 16.6 Å². The van der Waals surface area contributed by atoms with Gasteiger partial charge in [-0.25, -0.2) is 0 Å². The molecule has 1 saturated heterocycles. The fraction of sp³-hybridized carbons (Fsp3) is 0.538. The molecule has 3 nitrogen and oxygen atoms in total. The topological polar surface area (TPSA) is 32.7 Å². The van der Waals surface area contributed by atoms with E-state index in [0.717, 1.165) is 6.54 Å². The van der Waals surface area contributed by atoms with E-state index in [1.54, 1.807) is 7.11 Å². The standard InChI is InChI=1S/C13H18BrNO2/c1-17-12-8-10(7-11(14)13(12)16)9-15-5-3-2-4-6-15/h7-8,16H,2-6,9H2,1H3. The van der Waals surface area contributed by atoms with Gasteiger partial charge in [-0.2, -0.15) is 0 Å². The lowest BCUT2D eigenvalue weighted by molar-refractivity contribution is 0.220. The lowest BCUT2D eigenvalue weighted by Gasteiger charge is -2.26. The Bertz CT molecular complexity index is 389. The van der Waals surface area contributed by atoms with E-state index < -0.39 is 0 Å². The van der Waals surface area contributed by atoms with E-state index in [0.29, 0.717) is 10.2 Å². The second kappa shape index (κ2) is 5.74. The zero-order valence-electron chi connectivity index (χ0n) is 10.1. The highest BCUT2D eigenvalue weighted by Gasteiger charge is 2.13. The van der Waals surface area contributed by atoms with Crippen LogP contribution in [0, 0.1) is 0 Å². The molecule has 0 unspecified atom stereocenters. The van der Waals surface area contributed by atoms with Crippen molar-refractivity contribution in [1.29, 1.82) is 0 Å². The predicted molar refractivity (Wildman–Crippen MR) is 71.5 cm³/mol. The summed E-state index contributed by atoms with van der Waals surface area (Å²) >= 11 is 3.35. The van der Waals surface area contributed by atoms with E-state index in [1.807, 2.05) is 12.1 Å². The summed E-state index contributed by atoms with van der Waals surface area (Å²) < 4.78 is 5.86. The molecule has 0 aromatic heterocycles. The molecule has 1 aromatic rings. The van der Waals surface area contributed by atoms with Crippen LogP contribution in [0.4, 0.5) is 0 Å². The van der Waals surface area contributed by atoms with Gasteiger partial charge >= 0.3 is 0 Å². The van der Waals surface area contributed by atoms with Gasteiger partial charge in [0.05, 0.1) is 11.6 Å². The van der Waals surface area contributed by atoms with Crippen LogP contribution in [0.1, 0.15) is 24.8 Å². The van der Waals surface area contributed by atoms with Gasteiger partial charge in [0.1, 0.15) is 0 Å². The number of benzene rings is 1. The molecule has 0 saturated carbocycles. The van der Waals surface area contributed by atoms with Crippen molar-refractivity contribution in [2.24, 2.45) is 0 Å². The second-order valence-corrected chi connectivity index (χ2v) is 5.32. The van der Waals surface area contributed by atoms with Gasteiger partial charge in [-0.3, -0.25) is 4.90 Å². The second-order valence-electron chi connectivity index (χ2n) is 4.47. The van der Waals surface area contributed by atoms with Crippen molar-refractivity contribution < 1.29 is 9.84 Å². The van der Waals surface area contributed by atoms with Gasteiger partial charge in [0, 0.05) is 6.54 Å². The van der Waals surface area contributed by atoms with E-state index >= 15 is 0 Å². The molecule has 1 fully saturated rings. The summed E-state index contributed by atoms with van der Waals surface area (Å²) in [4.78, 5) is 2.45. The van der Waals surface area contributed by atoms with Crippen molar-refractivity contribution in [3.05, 3.63) is 22.2 Å². The van der Waals surface area contributed by atoms with E-state index in [-0.39, 0.29) is 5.75 Å². The summed E-state index contributed by atoms with van der Waals surface area (Å²) in [6.45, 7) is 3.26. The number of nitrogens with zero attached hydrogens (tertiary/aromatic N) is 1. The van der Waals surface area contributed by atoms with Gasteiger partial charge in [-0.05, 0) is 59.6 Å². The zero-order chi connectivity index (χ0) is 12.3. The highest BCUT2D eigenvalue weighted by molar-refractivity contribution is 9.10. The first-order valence-electron chi connectivity index (χ1n) is 5.98. The van der Waals surface area contributed by atoms with Crippen molar-refractivity contribution in [1.82, 2.24) is 4.90 Å². The number of piperidine rings is 1. The maximum Gasteiger partial charge on any atom is 0.172 e. The molecule has 1 aliphatic heterocycles. The van der Waals surface area contributed by atoms with Gasteiger partial charge in [0.15, 0.2) is 11.5 Å². The number of hydrogen-bond acceptors (Lipinski definition) is 3. The van der Waals surface area contributed by atoms with Crippen LogP contribution in [0.3, 0.4) is 0 Å². The minimum absolute atomic E-state index is 0.176. The van der Waals surface area contributed by atoms with Gasteiger partial charge in [-0.1, -0.05) is 6.42 Å². The van der Waals surface area contributed by atoms with Crippen LogP contribution in [0.25, 0.3) is 0 Å². The average Bonchev–Trinajstić information content (AvgIpc) is 2.35. The Labute approximate surface area is 111 Å². The molecule has 0 atom stereocenters. The number of aromatic hydroxyl groups is 1. The summed E-state index contributed by atoms with van der Waals surface area (Å²) in [5.74, 6) is 0.710. The van der Waals surface area contributed by atoms with Crippen LogP contribution in [0.5, 0.6) is 11.5 Å². The number of halogens is 1. The molecule has 1 aliphatic rings. The molecule has 4 heteroatoms. The predicted octanol–water partition coefficient (Wildman–Crippen LogP) is 3.15. The van der Waals surface area contributed by atoms with E-state index in [4.69, 9.17) is 4.74 Å².